The van der Waals surface area contributed by atoms with Crippen LogP contribution in [0.4, 0.5) is 4.79 Å². The summed E-state index contributed by atoms with van der Waals surface area (Å²) in [5.41, 5.74) is 0. The molecule has 5 nitrogen and oxygen atoms in total. The number of rotatable bonds is 1. The highest BCUT2D eigenvalue weighted by Crippen LogP contribution is 2.09. The summed E-state index contributed by atoms with van der Waals surface area (Å²) < 4.78 is 0. The zero-order chi connectivity index (χ0) is 8.27. The molecule has 11 heavy (non-hydrogen) atoms. The predicted octanol–water partition coefficient (Wildman–Crippen LogP) is 0.757. The maximum Gasteiger partial charge on any atom is 0.447 e. The average molecular weight is 160 g/mol. The number of piperidine rings is 1. The van der Waals surface area contributed by atoms with Crippen molar-refractivity contribution in [1.82, 2.24) is 10.2 Å². The van der Waals surface area contributed by atoms with Gasteiger partial charge in [0.1, 0.15) is 0 Å². The summed E-state index contributed by atoms with van der Waals surface area (Å²) in [6.45, 7) is 1.26. The first-order chi connectivity index (χ1) is 5.22. The van der Waals surface area contributed by atoms with Crippen LogP contribution in [-0.4, -0.2) is 39.7 Å². The van der Waals surface area contributed by atoms with Crippen molar-refractivity contribution in [1.29, 1.82) is 0 Å². The van der Waals surface area contributed by atoms with Gasteiger partial charge in [-0.15, -0.1) is 5.17 Å². The summed E-state index contributed by atoms with van der Waals surface area (Å²) in [5.74, 6) is 0. The van der Waals surface area contributed by atoms with Crippen LogP contribution in [0.25, 0.3) is 0 Å². The first-order valence-electron chi connectivity index (χ1n) is 3.68. The molecule has 1 fully saturated rings. The Labute approximate surface area is 64.8 Å². The molecule has 0 unspecified atom stereocenters. The summed E-state index contributed by atoms with van der Waals surface area (Å²) in [7, 11) is 0. The van der Waals surface area contributed by atoms with Gasteiger partial charge in [-0.2, -0.15) is 5.01 Å². The van der Waals surface area contributed by atoms with Crippen LogP contribution in [0.15, 0.2) is 0 Å². The maximum absolute atomic E-state index is 10.2. The Bertz CT molecular complexity index is 145. The molecule has 0 bridgehead atoms. The van der Waals surface area contributed by atoms with E-state index in [-0.39, 0.29) is 5.17 Å². The van der Waals surface area contributed by atoms with E-state index in [1.165, 1.54) is 5.01 Å². The van der Waals surface area contributed by atoms with Crippen molar-refractivity contribution in [2.45, 2.75) is 19.3 Å². The maximum atomic E-state index is 10.2. The first-order valence-corrected chi connectivity index (χ1v) is 3.68. The summed E-state index contributed by atoms with van der Waals surface area (Å²) in [6.07, 6.45) is 1.70. The molecule has 1 rings (SSSR count). The second-order valence-corrected chi connectivity index (χ2v) is 2.59. The Morgan fingerprint density at radius 2 is 1.82 bits per heavy atom. The quantitative estimate of drug-likeness (QED) is 0.439. The lowest BCUT2D eigenvalue weighted by molar-refractivity contribution is -0.216. The third-order valence-corrected chi connectivity index (χ3v) is 1.77. The average Bonchev–Trinajstić information content (AvgIpc) is 2.05. The molecule has 0 radical (unpaired) electrons. The van der Waals surface area contributed by atoms with E-state index in [1.807, 2.05) is 0 Å². The molecule has 2 N–H and O–H groups in total. The molecule has 0 aromatic heterocycles. The highest BCUT2D eigenvalue weighted by Gasteiger charge is 2.20. The number of amides is 1. The number of hydrogen-bond acceptors (Lipinski definition) is 3. The van der Waals surface area contributed by atoms with Crippen molar-refractivity contribution < 1.29 is 15.1 Å². The standard InChI is InChI=1S/C6H12N2O3/c9-6(10)8(11)7-4-2-1-3-5-7/h11H,1-5H2,(H,9,10). The van der Waals surface area contributed by atoms with Crippen LogP contribution < -0.4 is 0 Å². The van der Waals surface area contributed by atoms with E-state index < -0.39 is 6.09 Å². The molecule has 0 spiro atoms. The van der Waals surface area contributed by atoms with Gasteiger partial charge in [-0.05, 0) is 12.8 Å². The number of hydroxylamine groups is 1. The molecule has 1 heterocycles. The summed E-state index contributed by atoms with van der Waals surface area (Å²) >= 11 is 0. The number of hydrogen-bond donors (Lipinski definition) is 2. The van der Waals surface area contributed by atoms with Gasteiger partial charge in [0.05, 0.1) is 0 Å². The Morgan fingerprint density at radius 1 is 1.27 bits per heavy atom. The smallest absolute Gasteiger partial charge is 0.447 e. The van der Waals surface area contributed by atoms with Crippen molar-refractivity contribution >= 4 is 6.09 Å². The molecule has 64 valence electrons. The Balaban J connectivity index is 2.38. The topological polar surface area (TPSA) is 64.0 Å². The van der Waals surface area contributed by atoms with Crippen LogP contribution >= 0.6 is 0 Å². The van der Waals surface area contributed by atoms with Crippen LogP contribution in [0, 0.1) is 0 Å². The number of carboxylic acid groups (broad SMARTS) is 1. The van der Waals surface area contributed by atoms with Crippen molar-refractivity contribution in [2.24, 2.45) is 0 Å². The molecular weight excluding hydrogens is 148 g/mol. The molecule has 0 saturated carbocycles. The molecular formula is C6H12N2O3. The van der Waals surface area contributed by atoms with Crippen molar-refractivity contribution in [3.8, 4) is 0 Å². The molecule has 1 amide bonds. The van der Waals surface area contributed by atoms with Crippen LogP contribution in [0.3, 0.4) is 0 Å². The zero-order valence-corrected chi connectivity index (χ0v) is 6.23. The third-order valence-electron chi connectivity index (χ3n) is 1.77. The Morgan fingerprint density at radius 3 is 2.27 bits per heavy atom. The van der Waals surface area contributed by atoms with E-state index in [0.29, 0.717) is 13.1 Å². The normalized spacial score (nSPS) is 19.7. The van der Waals surface area contributed by atoms with Gasteiger partial charge < -0.3 is 5.11 Å². The second-order valence-electron chi connectivity index (χ2n) is 2.59. The van der Waals surface area contributed by atoms with E-state index in [2.05, 4.69) is 0 Å². The minimum Gasteiger partial charge on any atom is -0.462 e. The molecule has 0 atom stereocenters. The highest BCUT2D eigenvalue weighted by molar-refractivity contribution is 5.62. The van der Waals surface area contributed by atoms with Crippen LogP contribution in [0.1, 0.15) is 19.3 Å². The first kappa shape index (κ1) is 8.29. The minimum absolute atomic E-state index is 0.277. The summed E-state index contributed by atoms with van der Waals surface area (Å²) in [6, 6.07) is 0. The third kappa shape index (κ3) is 2.06. The largest absolute Gasteiger partial charge is 0.462 e. The lowest BCUT2D eigenvalue weighted by atomic mass is 10.2. The van der Waals surface area contributed by atoms with Crippen LogP contribution in [-0.2, 0) is 0 Å². The fourth-order valence-electron chi connectivity index (χ4n) is 1.19. The van der Waals surface area contributed by atoms with Crippen LogP contribution in [0.5, 0.6) is 0 Å². The minimum atomic E-state index is -1.31. The van der Waals surface area contributed by atoms with Crippen molar-refractivity contribution in [3.05, 3.63) is 0 Å². The van der Waals surface area contributed by atoms with Gasteiger partial charge >= 0.3 is 6.09 Å². The Hall–Kier alpha value is -0.810. The van der Waals surface area contributed by atoms with E-state index in [9.17, 15) is 4.79 Å². The zero-order valence-electron chi connectivity index (χ0n) is 6.23. The van der Waals surface area contributed by atoms with Gasteiger partial charge in [0.2, 0.25) is 0 Å². The highest BCUT2D eigenvalue weighted by atomic mass is 16.6. The summed E-state index contributed by atoms with van der Waals surface area (Å²) in [4.78, 5) is 10.2. The molecule has 5 heteroatoms. The second kappa shape index (κ2) is 3.54. The molecule has 0 aromatic rings. The van der Waals surface area contributed by atoms with Gasteiger partial charge in [0.25, 0.3) is 0 Å². The molecule has 1 saturated heterocycles. The lowest BCUT2D eigenvalue weighted by Crippen LogP contribution is -2.46. The van der Waals surface area contributed by atoms with Crippen molar-refractivity contribution in [3.63, 3.8) is 0 Å². The van der Waals surface area contributed by atoms with Gasteiger partial charge in [0, 0.05) is 13.1 Å². The fourth-order valence-corrected chi connectivity index (χ4v) is 1.19. The van der Waals surface area contributed by atoms with E-state index in [4.69, 9.17) is 10.3 Å². The number of carbonyl (C=O) groups is 1. The predicted molar refractivity (Wildman–Crippen MR) is 37.1 cm³/mol. The molecule has 0 aromatic carbocycles. The SMILES string of the molecule is O=C(O)N(O)N1CCCCC1. The van der Waals surface area contributed by atoms with Gasteiger partial charge in [-0.25, -0.2) is 4.79 Å². The number of hydrazine groups is 1. The molecule has 1 aliphatic heterocycles. The van der Waals surface area contributed by atoms with Gasteiger partial charge in [0.15, 0.2) is 0 Å². The molecule has 1 aliphatic rings. The van der Waals surface area contributed by atoms with E-state index in [1.54, 1.807) is 0 Å². The van der Waals surface area contributed by atoms with Gasteiger partial charge in [-0.1, -0.05) is 6.42 Å². The van der Waals surface area contributed by atoms with Gasteiger partial charge in [-0.3, -0.25) is 5.21 Å². The summed E-state index contributed by atoms with van der Waals surface area (Å²) in [5, 5.41) is 19.0. The van der Waals surface area contributed by atoms with Crippen LogP contribution in [0.2, 0.25) is 0 Å². The Kier molecular flexibility index (Phi) is 2.67. The van der Waals surface area contributed by atoms with E-state index in [0.717, 1.165) is 19.3 Å². The fraction of sp³-hybridized carbons (Fsp3) is 0.833. The number of nitrogens with zero attached hydrogens (tertiary/aromatic N) is 2. The lowest BCUT2D eigenvalue weighted by Gasteiger charge is -2.30. The van der Waals surface area contributed by atoms with Crippen molar-refractivity contribution in [2.75, 3.05) is 13.1 Å². The monoisotopic (exact) mass is 160 g/mol. The molecule has 0 aliphatic carbocycles. The van der Waals surface area contributed by atoms with E-state index >= 15 is 0 Å².